The van der Waals surface area contributed by atoms with E-state index in [1.54, 1.807) is 11.9 Å². The number of nitrogens with one attached hydrogen (secondary N) is 1. The lowest BCUT2D eigenvalue weighted by atomic mass is 9.86. The number of aromatic nitrogens is 2. The minimum absolute atomic E-state index is 0.00397. The highest BCUT2D eigenvalue weighted by atomic mass is 16.3. The van der Waals surface area contributed by atoms with E-state index in [-0.39, 0.29) is 23.9 Å². The van der Waals surface area contributed by atoms with Gasteiger partial charge in [-0.05, 0) is 31.4 Å². The number of nitrogens with zero attached hydrogens (tertiary/aromatic N) is 4. The maximum absolute atomic E-state index is 13.1. The molecular weight excluding hydrogens is 394 g/mol. The van der Waals surface area contributed by atoms with Gasteiger partial charge in [-0.25, -0.2) is 4.98 Å². The molecule has 0 spiro atoms. The number of carbonyl (C=O) groups excluding carboxylic acids is 2. The van der Waals surface area contributed by atoms with Crippen LogP contribution in [0.25, 0.3) is 11.0 Å². The summed E-state index contributed by atoms with van der Waals surface area (Å²) in [7, 11) is 1.80. The summed E-state index contributed by atoms with van der Waals surface area (Å²) in [4.78, 5) is 33.3. The summed E-state index contributed by atoms with van der Waals surface area (Å²) in [6.45, 7) is 4.32. The van der Waals surface area contributed by atoms with Crippen molar-refractivity contribution in [1.29, 1.82) is 0 Å². The molecule has 1 aromatic heterocycles. The molecule has 1 aliphatic heterocycles. The van der Waals surface area contributed by atoms with Gasteiger partial charge in [0.25, 0.3) is 0 Å². The Balaban J connectivity index is 1.41. The molecule has 1 saturated carbocycles. The van der Waals surface area contributed by atoms with Crippen molar-refractivity contribution in [3.8, 4) is 0 Å². The van der Waals surface area contributed by atoms with Crippen LogP contribution in [0.3, 0.4) is 0 Å². The monoisotopic (exact) mass is 427 g/mol. The lowest BCUT2D eigenvalue weighted by Gasteiger charge is -2.45. The van der Waals surface area contributed by atoms with Crippen LogP contribution < -0.4 is 5.32 Å². The largest absolute Gasteiger partial charge is 0.389 e. The predicted octanol–water partition coefficient (Wildman–Crippen LogP) is 1.16. The second-order valence-electron chi connectivity index (χ2n) is 8.65. The fourth-order valence-electron chi connectivity index (χ4n) is 5.11. The molecule has 0 bridgehead atoms. The average Bonchev–Trinajstić information content (AvgIpc) is 3.15. The van der Waals surface area contributed by atoms with Crippen molar-refractivity contribution in [2.75, 3.05) is 26.7 Å². The summed E-state index contributed by atoms with van der Waals surface area (Å²) in [6.07, 6.45) is 3.11. The standard InChI is InChI=1S/C23H33N5O3/c1-3-20-25-16-7-4-5-8-17(16)28(20)13-11-22(30)26(2)18-9-6-10-19(23(18)31)27-14-12-24-21(29)15-27/h4-5,7-8,18-19,23,31H,3,6,9-15H2,1-2H3,(H,24,29)/t18-,19-,23-/m1/s1. The Kier molecular flexibility index (Phi) is 6.57. The number of aliphatic hydroxyl groups excluding tert-OH is 1. The number of amides is 2. The normalized spacial score (nSPS) is 24.9. The smallest absolute Gasteiger partial charge is 0.234 e. The van der Waals surface area contributed by atoms with E-state index in [0.29, 0.717) is 26.1 Å². The van der Waals surface area contributed by atoms with E-state index in [0.717, 1.165) is 49.1 Å². The third-order valence-electron chi connectivity index (χ3n) is 6.82. The first-order chi connectivity index (χ1) is 15.0. The third kappa shape index (κ3) is 4.45. The first-order valence-corrected chi connectivity index (χ1v) is 11.4. The minimum atomic E-state index is -0.645. The van der Waals surface area contributed by atoms with Crippen molar-refractivity contribution in [3.05, 3.63) is 30.1 Å². The minimum Gasteiger partial charge on any atom is -0.389 e. The molecule has 2 amide bonds. The molecule has 2 aromatic rings. The van der Waals surface area contributed by atoms with Crippen molar-refractivity contribution in [2.24, 2.45) is 0 Å². The molecule has 31 heavy (non-hydrogen) atoms. The number of hydrogen-bond donors (Lipinski definition) is 2. The molecule has 1 aromatic carbocycles. The Hall–Kier alpha value is -2.45. The van der Waals surface area contributed by atoms with Crippen LogP contribution in [-0.2, 0) is 22.6 Å². The lowest BCUT2D eigenvalue weighted by molar-refractivity contribution is -0.139. The van der Waals surface area contributed by atoms with Crippen LogP contribution >= 0.6 is 0 Å². The zero-order valence-corrected chi connectivity index (χ0v) is 18.5. The molecule has 8 heteroatoms. The van der Waals surface area contributed by atoms with Gasteiger partial charge >= 0.3 is 0 Å². The van der Waals surface area contributed by atoms with E-state index in [1.807, 2.05) is 24.3 Å². The zero-order chi connectivity index (χ0) is 22.0. The molecule has 2 fully saturated rings. The molecule has 8 nitrogen and oxygen atoms in total. The van der Waals surface area contributed by atoms with E-state index < -0.39 is 6.10 Å². The Labute approximate surface area is 183 Å². The summed E-state index contributed by atoms with van der Waals surface area (Å²) in [5, 5.41) is 13.9. The molecule has 0 radical (unpaired) electrons. The molecule has 168 valence electrons. The summed E-state index contributed by atoms with van der Waals surface area (Å²) < 4.78 is 2.13. The molecule has 2 aliphatic rings. The summed E-state index contributed by atoms with van der Waals surface area (Å²) in [5.74, 6) is 1.02. The van der Waals surface area contributed by atoms with E-state index in [2.05, 4.69) is 26.7 Å². The van der Waals surface area contributed by atoms with Gasteiger partial charge in [0.1, 0.15) is 5.82 Å². The molecule has 1 saturated heterocycles. The van der Waals surface area contributed by atoms with Crippen LogP contribution in [0.4, 0.5) is 0 Å². The van der Waals surface area contributed by atoms with Crippen molar-refractivity contribution in [1.82, 2.24) is 24.7 Å². The molecule has 0 unspecified atom stereocenters. The molecule has 1 aliphatic carbocycles. The number of hydrogen-bond acceptors (Lipinski definition) is 5. The molecule has 2 N–H and O–H groups in total. The quantitative estimate of drug-likeness (QED) is 0.722. The van der Waals surface area contributed by atoms with Gasteiger partial charge in [0.15, 0.2) is 0 Å². The molecular formula is C23H33N5O3. The topological polar surface area (TPSA) is 90.7 Å². The van der Waals surface area contributed by atoms with Crippen LogP contribution in [0, 0.1) is 0 Å². The molecule has 4 rings (SSSR count). The van der Waals surface area contributed by atoms with Gasteiger partial charge in [-0.2, -0.15) is 0 Å². The van der Waals surface area contributed by atoms with Crippen LogP contribution in [0.5, 0.6) is 0 Å². The van der Waals surface area contributed by atoms with Gasteiger partial charge in [-0.1, -0.05) is 19.1 Å². The van der Waals surface area contributed by atoms with Crippen molar-refractivity contribution >= 4 is 22.8 Å². The van der Waals surface area contributed by atoms with Gasteiger partial charge in [0, 0.05) is 45.6 Å². The highest BCUT2D eigenvalue weighted by Gasteiger charge is 2.39. The fraction of sp³-hybridized carbons (Fsp3) is 0.609. The number of likely N-dealkylation sites (N-methyl/N-ethyl adjacent to an activating group) is 1. The van der Waals surface area contributed by atoms with Gasteiger partial charge in [-0.15, -0.1) is 0 Å². The van der Waals surface area contributed by atoms with E-state index >= 15 is 0 Å². The van der Waals surface area contributed by atoms with Crippen molar-refractivity contribution in [3.63, 3.8) is 0 Å². The highest BCUT2D eigenvalue weighted by molar-refractivity contribution is 5.79. The maximum atomic E-state index is 13.1. The van der Waals surface area contributed by atoms with Gasteiger partial charge in [0.2, 0.25) is 11.8 Å². The lowest BCUT2D eigenvalue weighted by Crippen LogP contribution is -2.61. The second kappa shape index (κ2) is 9.36. The number of carbonyl (C=O) groups is 2. The number of imidazole rings is 1. The highest BCUT2D eigenvalue weighted by Crippen LogP contribution is 2.28. The third-order valence-corrected chi connectivity index (χ3v) is 6.82. The molecule has 3 atom stereocenters. The number of rotatable bonds is 6. The van der Waals surface area contributed by atoms with Crippen LogP contribution in [0.15, 0.2) is 24.3 Å². The molecule has 2 heterocycles. The van der Waals surface area contributed by atoms with Crippen molar-refractivity contribution < 1.29 is 14.7 Å². The number of aliphatic hydroxyl groups is 1. The maximum Gasteiger partial charge on any atom is 0.234 e. The van der Waals surface area contributed by atoms with Gasteiger partial charge in [-0.3, -0.25) is 14.5 Å². The Morgan fingerprint density at radius 3 is 2.90 bits per heavy atom. The van der Waals surface area contributed by atoms with Crippen LogP contribution in [-0.4, -0.2) is 81.1 Å². The van der Waals surface area contributed by atoms with Crippen LogP contribution in [0.2, 0.25) is 0 Å². The average molecular weight is 428 g/mol. The van der Waals surface area contributed by atoms with E-state index in [4.69, 9.17) is 0 Å². The summed E-state index contributed by atoms with van der Waals surface area (Å²) in [5.41, 5.74) is 2.01. The number of para-hydroxylation sites is 2. The Morgan fingerprint density at radius 1 is 1.32 bits per heavy atom. The first-order valence-electron chi connectivity index (χ1n) is 11.4. The van der Waals surface area contributed by atoms with Crippen molar-refractivity contribution in [2.45, 2.75) is 63.8 Å². The first kappa shape index (κ1) is 21.8. The Bertz CT molecular complexity index is 942. The SMILES string of the molecule is CCc1nc2ccccc2n1CCC(=O)N(C)[C@@H]1CCC[C@@H](N2CCNC(=O)C2)[C@@H]1O. The number of fused-ring (bicyclic) bond motifs is 1. The predicted molar refractivity (Wildman–Crippen MR) is 119 cm³/mol. The summed E-state index contributed by atoms with van der Waals surface area (Å²) >= 11 is 0. The number of aryl methyl sites for hydroxylation is 2. The Morgan fingerprint density at radius 2 is 2.13 bits per heavy atom. The summed E-state index contributed by atoms with van der Waals surface area (Å²) in [6, 6.07) is 7.71. The number of piperazine rings is 1. The zero-order valence-electron chi connectivity index (χ0n) is 18.5. The van der Waals surface area contributed by atoms with Gasteiger partial charge in [0.05, 0.1) is 29.7 Å². The van der Waals surface area contributed by atoms with Crippen LogP contribution in [0.1, 0.15) is 38.4 Å². The van der Waals surface area contributed by atoms with E-state index in [1.165, 1.54) is 0 Å². The number of benzene rings is 1. The second-order valence-corrected chi connectivity index (χ2v) is 8.65. The fourth-order valence-corrected chi connectivity index (χ4v) is 5.11. The van der Waals surface area contributed by atoms with Gasteiger partial charge < -0.3 is 19.9 Å². The van der Waals surface area contributed by atoms with E-state index in [9.17, 15) is 14.7 Å².